The molecule has 76 heavy (non-hydrogen) atoms. The van der Waals surface area contributed by atoms with Crippen LogP contribution in [-0.2, 0) is 28.6 Å². The summed E-state index contributed by atoms with van der Waals surface area (Å²) in [5.74, 6) is 1.49. The van der Waals surface area contributed by atoms with E-state index >= 15 is 0 Å². The van der Waals surface area contributed by atoms with Crippen molar-refractivity contribution in [2.75, 3.05) is 52.5 Å². The van der Waals surface area contributed by atoms with Crippen molar-refractivity contribution in [1.82, 2.24) is 10.2 Å². The maximum atomic E-state index is 12.9. The molecule has 8 nitrogen and oxygen atoms in total. The predicted octanol–water partition coefficient (Wildman–Crippen LogP) is 20.2. The number of esters is 3. The minimum atomic E-state index is -0.0149. The monoisotopic (exact) mass is 1080 g/mol. The van der Waals surface area contributed by atoms with E-state index in [1.807, 2.05) is 0 Å². The van der Waals surface area contributed by atoms with Gasteiger partial charge in [-0.3, -0.25) is 14.4 Å². The molecule has 0 aromatic carbocycles. The number of nitrogens with zero attached hydrogens (tertiary/aromatic N) is 1. The van der Waals surface area contributed by atoms with E-state index in [2.05, 4.69) is 51.8 Å². The summed E-state index contributed by atoms with van der Waals surface area (Å²) in [6, 6.07) is 0. The van der Waals surface area contributed by atoms with Crippen LogP contribution < -0.4 is 5.32 Å². The van der Waals surface area contributed by atoms with Gasteiger partial charge in [0.1, 0.15) is 0 Å². The average Bonchev–Trinajstić information content (AvgIpc) is 3.42. The van der Waals surface area contributed by atoms with Crippen LogP contribution in [0.5, 0.6) is 0 Å². The number of carbonyl (C=O) groups is 3. The van der Waals surface area contributed by atoms with Crippen LogP contribution in [0, 0.1) is 17.8 Å². The highest BCUT2D eigenvalue weighted by Gasteiger charge is 2.16. The third-order valence-corrected chi connectivity index (χ3v) is 16.3. The molecule has 0 radical (unpaired) electrons. The summed E-state index contributed by atoms with van der Waals surface area (Å²) in [6.07, 6.45) is 56.6. The van der Waals surface area contributed by atoms with Crippen molar-refractivity contribution in [2.45, 2.75) is 350 Å². The molecule has 1 N–H and O–H groups in total. The first kappa shape index (κ1) is 74.3. The molecule has 0 saturated heterocycles. The van der Waals surface area contributed by atoms with Crippen LogP contribution in [0.15, 0.2) is 0 Å². The Morgan fingerprint density at radius 2 is 0.539 bits per heavy atom. The smallest absolute Gasteiger partial charge is 0.305 e. The highest BCUT2D eigenvalue weighted by molar-refractivity contribution is 5.69. The molecule has 0 aliphatic heterocycles. The molecule has 0 rings (SSSR count). The van der Waals surface area contributed by atoms with Gasteiger partial charge in [-0.05, 0) is 114 Å². The first-order valence-electron chi connectivity index (χ1n) is 34.2. The first-order valence-corrected chi connectivity index (χ1v) is 34.2. The Hall–Kier alpha value is -1.67. The number of unbranched alkanes of at least 4 members (excludes halogenated alkanes) is 30. The number of hydrogen-bond acceptors (Lipinski definition) is 8. The second kappa shape index (κ2) is 61.0. The average molecular weight is 1080 g/mol. The van der Waals surface area contributed by atoms with E-state index in [4.69, 9.17) is 14.2 Å². The Kier molecular flexibility index (Phi) is 59.6. The van der Waals surface area contributed by atoms with E-state index in [0.29, 0.717) is 56.8 Å². The Balaban J connectivity index is 4.97. The molecule has 0 aromatic heterocycles. The van der Waals surface area contributed by atoms with Gasteiger partial charge in [-0.2, -0.15) is 0 Å². The van der Waals surface area contributed by atoms with Crippen molar-refractivity contribution in [3.05, 3.63) is 0 Å². The predicted molar refractivity (Wildman–Crippen MR) is 328 cm³/mol. The molecule has 0 amide bonds. The lowest BCUT2D eigenvalue weighted by Crippen LogP contribution is -2.34. The van der Waals surface area contributed by atoms with Crippen LogP contribution in [0.25, 0.3) is 0 Å². The summed E-state index contributed by atoms with van der Waals surface area (Å²) in [4.78, 5) is 41.2. The second-order valence-electron chi connectivity index (χ2n) is 23.9. The van der Waals surface area contributed by atoms with Crippen LogP contribution in [0.2, 0.25) is 0 Å². The van der Waals surface area contributed by atoms with Gasteiger partial charge in [-0.1, -0.05) is 253 Å². The molecule has 452 valence electrons. The summed E-state index contributed by atoms with van der Waals surface area (Å²) >= 11 is 0. The Morgan fingerprint density at radius 3 is 0.842 bits per heavy atom. The minimum Gasteiger partial charge on any atom is -0.465 e. The van der Waals surface area contributed by atoms with Crippen molar-refractivity contribution in [1.29, 1.82) is 0 Å². The molecule has 3 unspecified atom stereocenters. The molecule has 0 saturated carbocycles. The Labute approximate surface area is 474 Å². The van der Waals surface area contributed by atoms with E-state index in [0.717, 1.165) is 90.5 Å². The molecule has 0 fully saturated rings. The van der Waals surface area contributed by atoms with Gasteiger partial charge in [0.2, 0.25) is 0 Å². The van der Waals surface area contributed by atoms with Gasteiger partial charge in [-0.15, -0.1) is 0 Å². The fourth-order valence-corrected chi connectivity index (χ4v) is 11.0. The minimum absolute atomic E-state index is 0.0138. The van der Waals surface area contributed by atoms with Crippen LogP contribution in [0.1, 0.15) is 350 Å². The van der Waals surface area contributed by atoms with Crippen LogP contribution in [0.4, 0.5) is 0 Å². The highest BCUT2D eigenvalue weighted by atomic mass is 16.5. The van der Waals surface area contributed by atoms with Gasteiger partial charge < -0.3 is 24.4 Å². The number of carbonyl (C=O) groups excluding carboxylic acids is 3. The van der Waals surface area contributed by atoms with Gasteiger partial charge >= 0.3 is 17.9 Å². The fourth-order valence-electron chi connectivity index (χ4n) is 11.0. The van der Waals surface area contributed by atoms with Crippen LogP contribution >= 0.6 is 0 Å². The largest absolute Gasteiger partial charge is 0.465 e. The zero-order chi connectivity index (χ0) is 55.5. The molecule has 0 aliphatic rings. The Morgan fingerprint density at radius 1 is 0.289 bits per heavy atom. The molecule has 0 aliphatic carbocycles. The van der Waals surface area contributed by atoms with E-state index in [-0.39, 0.29) is 17.9 Å². The molecule has 8 heteroatoms. The lowest BCUT2D eigenvalue weighted by molar-refractivity contribution is -0.146. The van der Waals surface area contributed by atoms with Gasteiger partial charge in [0.15, 0.2) is 0 Å². The van der Waals surface area contributed by atoms with Crippen molar-refractivity contribution < 1.29 is 28.6 Å². The molecule has 0 heterocycles. The summed E-state index contributed by atoms with van der Waals surface area (Å²) in [7, 11) is 0. The van der Waals surface area contributed by atoms with Crippen LogP contribution in [-0.4, -0.2) is 75.4 Å². The van der Waals surface area contributed by atoms with E-state index in [1.165, 1.54) is 231 Å². The lowest BCUT2D eigenvalue weighted by atomic mass is 9.95. The fraction of sp³-hybridized carbons (Fsp3) is 0.956. The summed E-state index contributed by atoms with van der Waals surface area (Å²) < 4.78 is 17.7. The van der Waals surface area contributed by atoms with Gasteiger partial charge in [0, 0.05) is 32.4 Å². The lowest BCUT2D eigenvalue weighted by Gasteiger charge is -2.22. The van der Waals surface area contributed by atoms with Crippen LogP contribution in [0.3, 0.4) is 0 Å². The summed E-state index contributed by atoms with van der Waals surface area (Å²) in [5, 5.41) is 3.69. The molecular formula is C68H134N2O6. The zero-order valence-electron chi connectivity index (χ0n) is 52.2. The zero-order valence-corrected chi connectivity index (χ0v) is 52.2. The SMILES string of the molecule is CCCCCCCCC(CCCCCC)COC(=O)CCCCCNCCN(CCCCCC(=O)OCC(CCCCCC)CCCCCCCC)CCCCCC(=O)OCC(CCCCCC)CCCCCCCC. The summed E-state index contributed by atoms with van der Waals surface area (Å²) in [5.41, 5.74) is 0. The van der Waals surface area contributed by atoms with Gasteiger partial charge in [0.25, 0.3) is 0 Å². The summed E-state index contributed by atoms with van der Waals surface area (Å²) in [6.45, 7) is 20.4. The van der Waals surface area contributed by atoms with Crippen molar-refractivity contribution >= 4 is 17.9 Å². The van der Waals surface area contributed by atoms with Crippen molar-refractivity contribution in [3.63, 3.8) is 0 Å². The van der Waals surface area contributed by atoms with E-state index in [9.17, 15) is 14.4 Å². The van der Waals surface area contributed by atoms with Crippen molar-refractivity contribution in [2.24, 2.45) is 17.8 Å². The molecule has 0 bridgehead atoms. The number of ether oxygens (including phenoxy) is 3. The first-order chi connectivity index (χ1) is 37.3. The standard InChI is InChI=1S/C68H134N2O6/c1-7-13-19-25-28-37-49-63(46-34-22-16-10-4)60-74-66(71)52-40-31-43-55-69-56-59-70(57-44-32-41-53-67(72)75-61-64(47-35-23-17-11-5)50-38-29-26-20-14-8-2)58-45-33-42-54-68(73)76-62-65(48-36-24-18-12-6)51-39-30-27-21-15-9-3/h63-65,69H,7-62H2,1-6H3. The van der Waals surface area contributed by atoms with E-state index in [1.54, 1.807) is 0 Å². The highest BCUT2D eigenvalue weighted by Crippen LogP contribution is 2.23. The second-order valence-corrected chi connectivity index (χ2v) is 23.9. The third kappa shape index (κ3) is 54.3. The quantitative estimate of drug-likeness (QED) is 0.0366. The number of rotatable bonds is 63. The Bertz CT molecular complexity index is 1140. The number of nitrogens with one attached hydrogen (secondary N) is 1. The topological polar surface area (TPSA) is 94.2 Å². The van der Waals surface area contributed by atoms with E-state index < -0.39 is 0 Å². The van der Waals surface area contributed by atoms with Gasteiger partial charge in [0.05, 0.1) is 19.8 Å². The molecular weight excluding hydrogens is 941 g/mol. The normalized spacial score (nSPS) is 12.8. The third-order valence-electron chi connectivity index (χ3n) is 16.3. The van der Waals surface area contributed by atoms with Crippen molar-refractivity contribution in [3.8, 4) is 0 Å². The maximum Gasteiger partial charge on any atom is 0.305 e. The molecule has 3 atom stereocenters. The maximum absolute atomic E-state index is 12.9. The molecule has 0 spiro atoms. The molecule has 0 aromatic rings. The van der Waals surface area contributed by atoms with Gasteiger partial charge in [-0.25, -0.2) is 0 Å². The number of hydrogen-bond donors (Lipinski definition) is 1.